The lowest BCUT2D eigenvalue weighted by Crippen LogP contribution is -2.05. The number of hydrogen-bond donors (Lipinski definition) is 1. The van der Waals surface area contributed by atoms with E-state index in [9.17, 15) is 14.9 Å². The molecule has 0 spiro atoms. The molecular weight excluding hydrogens is 276 g/mol. The van der Waals surface area contributed by atoms with Gasteiger partial charge in [-0.15, -0.1) is 5.10 Å². The molecule has 21 heavy (non-hydrogen) atoms. The molecule has 0 aliphatic heterocycles. The number of benzene rings is 2. The first-order valence-corrected chi connectivity index (χ1v) is 5.90. The van der Waals surface area contributed by atoms with Crippen LogP contribution in [0.4, 0.5) is 5.69 Å². The summed E-state index contributed by atoms with van der Waals surface area (Å²) in [7, 11) is 0. The fourth-order valence-corrected chi connectivity index (χ4v) is 2.04. The Morgan fingerprint density at radius 2 is 2.00 bits per heavy atom. The zero-order valence-electron chi connectivity index (χ0n) is 10.5. The normalized spacial score (nSPS) is 10.7. The van der Waals surface area contributed by atoms with Crippen molar-refractivity contribution in [3.63, 3.8) is 0 Å². The van der Waals surface area contributed by atoms with E-state index in [-0.39, 0.29) is 5.56 Å². The van der Waals surface area contributed by atoms with Crippen LogP contribution in [0.1, 0.15) is 10.4 Å². The predicted molar refractivity (Wildman–Crippen MR) is 72.5 cm³/mol. The van der Waals surface area contributed by atoms with Crippen molar-refractivity contribution >= 4 is 22.7 Å². The molecule has 3 rings (SSSR count). The first-order chi connectivity index (χ1) is 10.1. The topological polar surface area (TPSA) is 111 Å². The summed E-state index contributed by atoms with van der Waals surface area (Å²) in [5.74, 6) is -1.35. The van der Waals surface area contributed by atoms with Gasteiger partial charge in [-0.3, -0.25) is 10.1 Å². The fraction of sp³-hybridized carbons (Fsp3) is 0. The molecule has 0 saturated carbocycles. The number of carboxylic acid groups (broad SMARTS) is 1. The Labute approximate surface area is 117 Å². The minimum absolute atomic E-state index is 0.367. The highest BCUT2D eigenvalue weighted by atomic mass is 16.6. The van der Waals surface area contributed by atoms with Gasteiger partial charge < -0.3 is 5.11 Å². The smallest absolute Gasteiger partial charge is 0.342 e. The number of nitrogens with zero attached hydrogens (tertiary/aromatic N) is 4. The number of hydrogen-bond acceptors (Lipinski definition) is 5. The highest BCUT2D eigenvalue weighted by Gasteiger charge is 2.21. The Morgan fingerprint density at radius 1 is 1.24 bits per heavy atom. The summed E-state index contributed by atoms with van der Waals surface area (Å²) in [5.41, 5.74) is 0.838. The number of nitro groups is 1. The fourth-order valence-electron chi connectivity index (χ4n) is 2.04. The SMILES string of the molecule is O=C(O)c1ccc(-n2nnc3ccccc32)cc1[N+](=O)[O-]. The van der Waals surface area contributed by atoms with Crippen molar-refractivity contribution in [1.29, 1.82) is 0 Å². The van der Waals surface area contributed by atoms with E-state index in [0.29, 0.717) is 16.7 Å². The average molecular weight is 284 g/mol. The third-order valence-electron chi connectivity index (χ3n) is 3.00. The monoisotopic (exact) mass is 284 g/mol. The molecule has 0 bridgehead atoms. The second-order valence-electron chi connectivity index (χ2n) is 4.25. The number of fused-ring (bicyclic) bond motifs is 1. The van der Waals surface area contributed by atoms with Crippen molar-refractivity contribution in [3.05, 3.63) is 58.1 Å². The molecular formula is C13H8N4O4. The molecule has 0 atom stereocenters. The summed E-state index contributed by atoms with van der Waals surface area (Å²) in [5, 5.41) is 27.9. The van der Waals surface area contributed by atoms with E-state index >= 15 is 0 Å². The molecule has 0 unspecified atom stereocenters. The number of rotatable bonds is 3. The zero-order valence-corrected chi connectivity index (χ0v) is 10.5. The van der Waals surface area contributed by atoms with Crippen LogP contribution in [-0.4, -0.2) is 31.0 Å². The van der Waals surface area contributed by atoms with Gasteiger partial charge in [0.15, 0.2) is 0 Å². The maximum atomic E-state index is 11.0. The summed E-state index contributed by atoms with van der Waals surface area (Å²) in [4.78, 5) is 21.3. The van der Waals surface area contributed by atoms with E-state index in [1.54, 1.807) is 24.3 Å². The van der Waals surface area contributed by atoms with E-state index < -0.39 is 16.6 Å². The van der Waals surface area contributed by atoms with Crippen LogP contribution < -0.4 is 0 Å². The van der Waals surface area contributed by atoms with Crippen LogP contribution in [0.3, 0.4) is 0 Å². The van der Waals surface area contributed by atoms with E-state index in [0.717, 1.165) is 0 Å². The highest BCUT2D eigenvalue weighted by molar-refractivity contribution is 5.93. The van der Waals surface area contributed by atoms with Gasteiger partial charge in [0.05, 0.1) is 16.1 Å². The summed E-state index contributed by atoms with van der Waals surface area (Å²) in [6.45, 7) is 0. The second-order valence-corrected chi connectivity index (χ2v) is 4.25. The third-order valence-corrected chi connectivity index (χ3v) is 3.00. The minimum Gasteiger partial charge on any atom is -0.477 e. The lowest BCUT2D eigenvalue weighted by Gasteiger charge is -2.04. The van der Waals surface area contributed by atoms with E-state index in [1.165, 1.54) is 22.9 Å². The predicted octanol–water partition coefficient (Wildman–Crippen LogP) is 2.03. The standard InChI is InChI=1S/C13H8N4O4/c18-13(19)9-6-5-8(7-12(9)17(20)21)16-11-4-2-1-3-10(11)14-15-16/h1-7H,(H,18,19). The number of nitro benzene ring substituents is 1. The van der Waals surface area contributed by atoms with E-state index in [2.05, 4.69) is 10.3 Å². The van der Waals surface area contributed by atoms with Gasteiger partial charge in [0, 0.05) is 6.07 Å². The summed E-state index contributed by atoms with van der Waals surface area (Å²) in [6.07, 6.45) is 0. The Morgan fingerprint density at radius 3 is 2.71 bits per heavy atom. The molecule has 0 aliphatic carbocycles. The molecule has 0 saturated heterocycles. The van der Waals surface area contributed by atoms with Crippen molar-refractivity contribution in [1.82, 2.24) is 15.0 Å². The number of para-hydroxylation sites is 1. The molecule has 1 aromatic heterocycles. The van der Waals surface area contributed by atoms with Gasteiger partial charge in [0.25, 0.3) is 5.69 Å². The van der Waals surface area contributed by atoms with Crippen LogP contribution in [0.5, 0.6) is 0 Å². The molecule has 0 amide bonds. The molecule has 0 radical (unpaired) electrons. The zero-order chi connectivity index (χ0) is 15.0. The Kier molecular flexibility index (Phi) is 2.83. The third kappa shape index (κ3) is 2.08. The van der Waals surface area contributed by atoms with E-state index in [4.69, 9.17) is 5.11 Å². The van der Waals surface area contributed by atoms with Crippen LogP contribution in [-0.2, 0) is 0 Å². The van der Waals surface area contributed by atoms with Crippen LogP contribution in [0.15, 0.2) is 42.5 Å². The Bertz CT molecular complexity index is 871. The van der Waals surface area contributed by atoms with E-state index in [1.807, 2.05) is 0 Å². The molecule has 104 valence electrons. The largest absolute Gasteiger partial charge is 0.477 e. The van der Waals surface area contributed by atoms with Gasteiger partial charge in [-0.05, 0) is 24.3 Å². The average Bonchev–Trinajstić information content (AvgIpc) is 2.90. The van der Waals surface area contributed by atoms with Gasteiger partial charge in [0.1, 0.15) is 11.1 Å². The van der Waals surface area contributed by atoms with Crippen LogP contribution in [0.25, 0.3) is 16.7 Å². The second kappa shape index (κ2) is 4.67. The summed E-state index contributed by atoms with van der Waals surface area (Å²) >= 11 is 0. The molecule has 1 heterocycles. The number of aromatic nitrogens is 3. The van der Waals surface area contributed by atoms with Gasteiger partial charge in [0.2, 0.25) is 0 Å². The van der Waals surface area contributed by atoms with Crippen molar-refractivity contribution in [2.45, 2.75) is 0 Å². The number of aromatic carboxylic acids is 1. The minimum atomic E-state index is -1.35. The molecule has 0 fully saturated rings. The molecule has 1 N–H and O–H groups in total. The van der Waals surface area contributed by atoms with Crippen molar-refractivity contribution in [2.24, 2.45) is 0 Å². The molecule has 8 nitrogen and oxygen atoms in total. The van der Waals surface area contributed by atoms with Gasteiger partial charge in [-0.25, -0.2) is 9.48 Å². The summed E-state index contributed by atoms with van der Waals surface area (Å²) in [6, 6.07) is 10.9. The molecule has 0 aliphatic rings. The first-order valence-electron chi connectivity index (χ1n) is 5.90. The van der Waals surface area contributed by atoms with Crippen molar-refractivity contribution in [3.8, 4) is 5.69 Å². The van der Waals surface area contributed by atoms with Crippen LogP contribution in [0, 0.1) is 10.1 Å². The maximum Gasteiger partial charge on any atom is 0.342 e. The Hall–Kier alpha value is -3.29. The van der Waals surface area contributed by atoms with Gasteiger partial charge in [-0.2, -0.15) is 0 Å². The van der Waals surface area contributed by atoms with Crippen molar-refractivity contribution < 1.29 is 14.8 Å². The van der Waals surface area contributed by atoms with Crippen LogP contribution in [0.2, 0.25) is 0 Å². The molecule has 2 aromatic carbocycles. The van der Waals surface area contributed by atoms with Gasteiger partial charge in [-0.1, -0.05) is 17.3 Å². The number of carbonyl (C=O) groups is 1. The molecule has 3 aromatic rings. The Balaban J connectivity index is 2.22. The lowest BCUT2D eigenvalue weighted by atomic mass is 10.1. The molecule has 8 heteroatoms. The quantitative estimate of drug-likeness (QED) is 0.581. The lowest BCUT2D eigenvalue weighted by molar-refractivity contribution is -0.385. The number of carboxylic acids is 1. The summed E-state index contributed by atoms with van der Waals surface area (Å²) < 4.78 is 1.42. The van der Waals surface area contributed by atoms with Crippen LogP contribution >= 0.6 is 0 Å². The van der Waals surface area contributed by atoms with Crippen molar-refractivity contribution in [2.75, 3.05) is 0 Å². The maximum absolute atomic E-state index is 11.0. The first kappa shape index (κ1) is 12.7. The van der Waals surface area contributed by atoms with Gasteiger partial charge >= 0.3 is 5.97 Å². The highest BCUT2D eigenvalue weighted by Crippen LogP contribution is 2.24.